The fourth-order valence-electron chi connectivity index (χ4n) is 2.81. The smallest absolute Gasteiger partial charge is 0.242 e. The molecule has 4 unspecified atom stereocenters. The van der Waals surface area contributed by atoms with Gasteiger partial charge >= 0.3 is 0 Å². The van der Waals surface area contributed by atoms with Gasteiger partial charge in [0.15, 0.2) is 0 Å². The molecule has 9 heteroatoms. The molecule has 2 N–H and O–H groups in total. The van der Waals surface area contributed by atoms with Crippen LogP contribution < -0.4 is 0 Å². The molecule has 0 aromatic rings. The summed E-state index contributed by atoms with van der Waals surface area (Å²) in [4.78, 5) is 31.3. The van der Waals surface area contributed by atoms with Crippen LogP contribution in [0, 0.1) is 20.2 Å². The molecule has 0 bridgehead atoms. The van der Waals surface area contributed by atoms with Gasteiger partial charge in [-0.25, -0.2) is 0 Å². The highest BCUT2D eigenvalue weighted by atomic mass is 16.6. The first kappa shape index (κ1) is 25.1. The second-order valence-corrected chi connectivity index (χ2v) is 6.73. The number of allylic oxidation sites excluding steroid dienone is 1. The Morgan fingerprint density at radius 3 is 2.07 bits per heavy atom. The van der Waals surface area contributed by atoms with E-state index in [-0.39, 0.29) is 12.8 Å². The van der Waals surface area contributed by atoms with E-state index in [0.29, 0.717) is 19.3 Å². The van der Waals surface area contributed by atoms with Crippen molar-refractivity contribution in [1.29, 1.82) is 0 Å². The monoisotopic (exact) mass is 388 g/mol. The van der Waals surface area contributed by atoms with Crippen LogP contribution in [0.1, 0.15) is 71.1 Å². The Hall–Kier alpha value is -1.87. The number of nitrogens with zero attached hydrogens (tertiary/aromatic N) is 2. The van der Waals surface area contributed by atoms with Crippen LogP contribution in [0.5, 0.6) is 0 Å². The highest BCUT2D eigenvalue weighted by Gasteiger charge is 2.38. The van der Waals surface area contributed by atoms with Gasteiger partial charge in [0.05, 0.1) is 6.42 Å². The van der Waals surface area contributed by atoms with Crippen molar-refractivity contribution in [2.24, 2.45) is 0 Å². The van der Waals surface area contributed by atoms with Crippen molar-refractivity contribution in [1.82, 2.24) is 0 Å². The fraction of sp³-hybridized carbons (Fsp3) is 0.833. The SMILES string of the molecule is CCCCCC(O)C(CC(O)C(C/C=C\CCCCC=O)[N+](=O)[O-])[N+](=O)[O-]. The normalized spacial score (nSPS) is 16.0. The summed E-state index contributed by atoms with van der Waals surface area (Å²) in [6.45, 7) is 1.97. The zero-order chi connectivity index (χ0) is 20.7. The summed E-state index contributed by atoms with van der Waals surface area (Å²) in [6, 6.07) is -2.78. The minimum atomic E-state index is -1.52. The van der Waals surface area contributed by atoms with E-state index in [1.165, 1.54) is 0 Å². The maximum absolute atomic E-state index is 11.2. The van der Waals surface area contributed by atoms with Crippen molar-refractivity contribution >= 4 is 6.29 Å². The number of carbonyl (C=O) groups excluding carboxylic acids is 1. The van der Waals surface area contributed by atoms with Gasteiger partial charge < -0.3 is 15.0 Å². The molecule has 0 saturated heterocycles. The lowest BCUT2D eigenvalue weighted by Gasteiger charge is -2.20. The van der Waals surface area contributed by atoms with E-state index in [1.54, 1.807) is 12.2 Å². The number of hydrogen-bond acceptors (Lipinski definition) is 7. The van der Waals surface area contributed by atoms with Gasteiger partial charge in [-0.15, -0.1) is 0 Å². The van der Waals surface area contributed by atoms with Gasteiger partial charge in [-0.3, -0.25) is 20.2 Å². The highest BCUT2D eigenvalue weighted by Crippen LogP contribution is 2.18. The minimum absolute atomic E-state index is 0.0434. The summed E-state index contributed by atoms with van der Waals surface area (Å²) in [7, 11) is 0. The molecule has 0 aliphatic carbocycles. The molecule has 4 atom stereocenters. The Balaban J connectivity index is 4.65. The second kappa shape index (κ2) is 15.2. The number of rotatable bonds is 17. The minimum Gasteiger partial charge on any atom is -0.386 e. The van der Waals surface area contributed by atoms with Crippen molar-refractivity contribution in [3.63, 3.8) is 0 Å². The third-order valence-electron chi connectivity index (χ3n) is 4.50. The number of carbonyl (C=O) groups is 1. The lowest BCUT2D eigenvalue weighted by molar-refractivity contribution is -0.553. The predicted octanol–water partition coefficient (Wildman–Crippen LogP) is 2.67. The van der Waals surface area contributed by atoms with Crippen LogP contribution in [0.4, 0.5) is 0 Å². The molecule has 0 radical (unpaired) electrons. The molecule has 0 saturated carbocycles. The van der Waals surface area contributed by atoms with Crippen LogP contribution in [-0.2, 0) is 4.79 Å². The van der Waals surface area contributed by atoms with Crippen LogP contribution in [0.25, 0.3) is 0 Å². The van der Waals surface area contributed by atoms with Crippen molar-refractivity contribution in [2.75, 3.05) is 0 Å². The van der Waals surface area contributed by atoms with Crippen LogP contribution in [0.3, 0.4) is 0 Å². The molecule has 0 aliphatic heterocycles. The number of nitro groups is 2. The summed E-state index contributed by atoms with van der Waals surface area (Å²) in [6.07, 6.45) is 6.19. The first-order valence-electron chi connectivity index (χ1n) is 9.56. The van der Waals surface area contributed by atoms with E-state index in [0.717, 1.165) is 32.0 Å². The maximum Gasteiger partial charge on any atom is 0.242 e. The molecule has 9 nitrogen and oxygen atoms in total. The van der Waals surface area contributed by atoms with E-state index < -0.39 is 40.6 Å². The molecule has 0 fully saturated rings. The van der Waals surface area contributed by atoms with E-state index >= 15 is 0 Å². The van der Waals surface area contributed by atoms with Gasteiger partial charge in [0, 0.05) is 22.7 Å². The van der Waals surface area contributed by atoms with Gasteiger partial charge in [-0.1, -0.05) is 38.3 Å². The summed E-state index contributed by atoms with van der Waals surface area (Å²) in [5.74, 6) is 0. The molecule has 0 rings (SSSR count). The molecule has 156 valence electrons. The lowest BCUT2D eigenvalue weighted by Crippen LogP contribution is -2.42. The van der Waals surface area contributed by atoms with E-state index in [9.17, 15) is 35.2 Å². The first-order valence-corrected chi connectivity index (χ1v) is 9.56. The largest absolute Gasteiger partial charge is 0.386 e. The highest BCUT2D eigenvalue weighted by molar-refractivity contribution is 5.48. The fourth-order valence-corrected chi connectivity index (χ4v) is 2.81. The number of aliphatic hydroxyl groups is 2. The lowest BCUT2D eigenvalue weighted by atomic mass is 9.95. The molecule has 0 aromatic heterocycles. The second-order valence-electron chi connectivity index (χ2n) is 6.73. The number of aliphatic hydroxyl groups excluding tert-OH is 2. The third kappa shape index (κ3) is 11.4. The van der Waals surface area contributed by atoms with Gasteiger partial charge in [0.25, 0.3) is 0 Å². The predicted molar refractivity (Wildman–Crippen MR) is 101 cm³/mol. The van der Waals surface area contributed by atoms with Gasteiger partial charge in [-0.2, -0.15) is 0 Å². The third-order valence-corrected chi connectivity index (χ3v) is 4.50. The molecule has 0 heterocycles. The molecule has 0 aromatic carbocycles. The quantitative estimate of drug-likeness (QED) is 0.128. The van der Waals surface area contributed by atoms with Crippen LogP contribution in [-0.4, -0.2) is 50.6 Å². The Kier molecular flexibility index (Phi) is 14.2. The summed E-state index contributed by atoms with van der Waals surface area (Å²) >= 11 is 0. The average Bonchev–Trinajstić information content (AvgIpc) is 2.61. The van der Waals surface area contributed by atoms with Crippen molar-refractivity contribution in [3.8, 4) is 0 Å². The molecular weight excluding hydrogens is 356 g/mol. The van der Waals surface area contributed by atoms with Gasteiger partial charge in [0.1, 0.15) is 18.5 Å². The standard InChI is InChI=1S/C18H32N2O7/c1-2-3-8-12-17(22)16(20(26)27)14-18(23)15(19(24)25)11-9-6-4-5-7-10-13-21/h6,9,13,15-18,22-23H,2-5,7-8,10-12,14H2,1H3/b9-6-. The van der Waals surface area contributed by atoms with Crippen LogP contribution >= 0.6 is 0 Å². The molecule has 27 heavy (non-hydrogen) atoms. The molecule has 0 amide bonds. The summed E-state index contributed by atoms with van der Waals surface area (Å²) < 4.78 is 0. The average molecular weight is 388 g/mol. The topological polar surface area (TPSA) is 144 Å². The zero-order valence-corrected chi connectivity index (χ0v) is 15.9. The maximum atomic E-state index is 11.2. The summed E-state index contributed by atoms with van der Waals surface area (Å²) in [5.41, 5.74) is 0. The van der Waals surface area contributed by atoms with Crippen LogP contribution in [0.2, 0.25) is 0 Å². The Morgan fingerprint density at radius 1 is 0.889 bits per heavy atom. The number of unbranched alkanes of at least 4 members (excludes halogenated alkanes) is 5. The summed E-state index contributed by atoms with van der Waals surface area (Å²) in [5, 5.41) is 42.6. The van der Waals surface area contributed by atoms with Crippen molar-refractivity contribution < 1.29 is 24.9 Å². The number of aldehydes is 1. The van der Waals surface area contributed by atoms with E-state index in [1.807, 2.05) is 6.92 Å². The number of hydrogen-bond donors (Lipinski definition) is 2. The van der Waals surface area contributed by atoms with Gasteiger partial charge in [-0.05, 0) is 25.7 Å². The van der Waals surface area contributed by atoms with E-state index in [4.69, 9.17) is 0 Å². The van der Waals surface area contributed by atoms with Crippen LogP contribution in [0.15, 0.2) is 12.2 Å². The van der Waals surface area contributed by atoms with E-state index in [2.05, 4.69) is 0 Å². The first-order chi connectivity index (χ1) is 12.8. The zero-order valence-electron chi connectivity index (χ0n) is 15.9. The molecule has 0 spiro atoms. The Labute approximate surface area is 159 Å². The Bertz CT molecular complexity index is 471. The van der Waals surface area contributed by atoms with Crippen molar-refractivity contribution in [3.05, 3.63) is 32.4 Å². The van der Waals surface area contributed by atoms with Crippen molar-refractivity contribution in [2.45, 2.75) is 95.4 Å². The molecule has 0 aliphatic rings. The Morgan fingerprint density at radius 2 is 1.52 bits per heavy atom. The molecular formula is C18H32N2O7. The van der Waals surface area contributed by atoms with Gasteiger partial charge in [0.2, 0.25) is 12.1 Å².